The topological polar surface area (TPSA) is 73.6 Å². The van der Waals surface area contributed by atoms with E-state index >= 15 is 0 Å². The van der Waals surface area contributed by atoms with Gasteiger partial charge in [-0.25, -0.2) is 0 Å². The van der Waals surface area contributed by atoms with Gasteiger partial charge in [-0.1, -0.05) is 36.3 Å². The molecule has 3 aromatic rings. The number of benzene rings is 2. The first kappa shape index (κ1) is 17.5. The maximum absolute atomic E-state index is 12.4. The average Bonchev–Trinajstić information content (AvgIpc) is 3.15. The van der Waals surface area contributed by atoms with E-state index < -0.39 is 0 Å². The number of carbonyl (C=O) groups excluding carboxylic acids is 1. The normalized spacial score (nSPS) is 10.4. The summed E-state index contributed by atoms with van der Waals surface area (Å²) in [5, 5.41) is 6.71. The number of hydrogen-bond acceptors (Lipinski definition) is 5. The summed E-state index contributed by atoms with van der Waals surface area (Å²) in [5.74, 6) is 0.991. The molecule has 0 aliphatic carbocycles. The van der Waals surface area contributed by atoms with Crippen LogP contribution in [0.2, 0.25) is 0 Å². The number of hydrogen-bond donors (Lipinski definition) is 1. The van der Waals surface area contributed by atoms with Gasteiger partial charge in [0, 0.05) is 17.2 Å². The van der Waals surface area contributed by atoms with Gasteiger partial charge >= 0.3 is 0 Å². The molecule has 0 saturated carbocycles. The van der Waals surface area contributed by atoms with Gasteiger partial charge in [-0.05, 0) is 30.2 Å². The first-order valence-electron chi connectivity index (χ1n) is 8.24. The number of ether oxygens (including phenoxy) is 2. The monoisotopic (exact) mass is 352 g/mol. The number of aromatic nitrogens is 1. The van der Waals surface area contributed by atoms with Crippen LogP contribution in [0.4, 0.5) is 5.88 Å². The van der Waals surface area contributed by atoms with Gasteiger partial charge in [0.15, 0.2) is 11.5 Å². The Balaban J connectivity index is 1.75. The molecule has 6 heteroatoms. The van der Waals surface area contributed by atoms with Crippen LogP contribution in [0.25, 0.3) is 11.3 Å². The number of rotatable bonds is 6. The van der Waals surface area contributed by atoms with Crippen LogP contribution in [-0.4, -0.2) is 25.3 Å². The average molecular weight is 352 g/mol. The third kappa shape index (κ3) is 3.69. The summed E-state index contributed by atoms with van der Waals surface area (Å²) < 4.78 is 15.6. The quantitative estimate of drug-likeness (QED) is 0.721. The molecule has 1 N–H and O–H groups in total. The van der Waals surface area contributed by atoms with Crippen LogP contribution in [0.15, 0.2) is 53.1 Å². The maximum Gasteiger partial charge on any atom is 0.258 e. The highest BCUT2D eigenvalue weighted by molar-refractivity contribution is 6.04. The number of nitrogens with one attached hydrogen (secondary N) is 1. The first-order valence-corrected chi connectivity index (χ1v) is 8.24. The fraction of sp³-hybridized carbons (Fsp3) is 0.200. The molecule has 0 fully saturated rings. The molecule has 0 spiro atoms. The lowest BCUT2D eigenvalue weighted by Crippen LogP contribution is -2.11. The van der Waals surface area contributed by atoms with Gasteiger partial charge in [-0.2, -0.15) is 0 Å². The molecule has 0 aliphatic rings. The highest BCUT2D eigenvalue weighted by Gasteiger charge is 2.14. The van der Waals surface area contributed by atoms with Crippen molar-refractivity contribution >= 4 is 11.8 Å². The molecule has 0 unspecified atom stereocenters. The molecule has 2 aromatic carbocycles. The lowest BCUT2D eigenvalue weighted by Gasteiger charge is -2.08. The molecule has 0 saturated heterocycles. The van der Waals surface area contributed by atoms with Gasteiger partial charge in [-0.3, -0.25) is 10.1 Å². The molecular weight excluding hydrogens is 332 g/mol. The summed E-state index contributed by atoms with van der Waals surface area (Å²) in [4.78, 5) is 12.4. The van der Waals surface area contributed by atoms with E-state index in [2.05, 4.69) is 17.4 Å². The summed E-state index contributed by atoms with van der Waals surface area (Å²) in [7, 11) is 3.06. The van der Waals surface area contributed by atoms with E-state index in [1.165, 1.54) is 12.7 Å². The predicted octanol–water partition coefficient (Wildman–Crippen LogP) is 4.17. The van der Waals surface area contributed by atoms with E-state index in [1.807, 2.05) is 24.3 Å². The van der Waals surface area contributed by atoms with E-state index in [1.54, 1.807) is 31.4 Å². The maximum atomic E-state index is 12.4. The Morgan fingerprint density at radius 1 is 1.04 bits per heavy atom. The van der Waals surface area contributed by atoms with Crippen molar-refractivity contribution in [3.63, 3.8) is 0 Å². The van der Waals surface area contributed by atoms with E-state index in [-0.39, 0.29) is 11.8 Å². The Morgan fingerprint density at radius 2 is 1.77 bits per heavy atom. The summed E-state index contributed by atoms with van der Waals surface area (Å²) >= 11 is 0. The smallest absolute Gasteiger partial charge is 0.258 e. The van der Waals surface area contributed by atoms with Crippen LogP contribution >= 0.6 is 0 Å². The van der Waals surface area contributed by atoms with Crippen LogP contribution < -0.4 is 14.8 Å². The minimum Gasteiger partial charge on any atom is -0.493 e. The molecule has 134 valence electrons. The number of aryl methyl sites for hydroxylation is 1. The van der Waals surface area contributed by atoms with Crippen molar-refractivity contribution < 1.29 is 18.8 Å². The standard InChI is InChI=1S/C20H20N2O4/c1-4-13-5-7-14(8-6-13)16-12-19(26-22-16)21-20(23)15-9-10-17(24-2)18(11-15)25-3/h5-12H,4H2,1-3H3,(H,21,23). The number of methoxy groups -OCH3 is 2. The molecule has 1 heterocycles. The first-order chi connectivity index (χ1) is 12.6. The zero-order valence-electron chi connectivity index (χ0n) is 14.9. The number of anilines is 1. The van der Waals surface area contributed by atoms with Crippen molar-refractivity contribution in [2.45, 2.75) is 13.3 Å². The number of amides is 1. The van der Waals surface area contributed by atoms with Gasteiger partial charge < -0.3 is 14.0 Å². The van der Waals surface area contributed by atoms with Crippen molar-refractivity contribution in [3.05, 3.63) is 59.7 Å². The van der Waals surface area contributed by atoms with E-state index in [0.717, 1.165) is 12.0 Å². The van der Waals surface area contributed by atoms with Crippen molar-refractivity contribution in [2.24, 2.45) is 0 Å². The lowest BCUT2D eigenvalue weighted by molar-refractivity contribution is 0.102. The molecule has 26 heavy (non-hydrogen) atoms. The van der Waals surface area contributed by atoms with Gasteiger partial charge in [0.05, 0.1) is 14.2 Å². The van der Waals surface area contributed by atoms with Crippen molar-refractivity contribution in [3.8, 4) is 22.8 Å². The molecule has 0 radical (unpaired) electrons. The molecule has 1 aromatic heterocycles. The van der Waals surface area contributed by atoms with Crippen LogP contribution in [-0.2, 0) is 6.42 Å². The summed E-state index contributed by atoms with van der Waals surface area (Å²) in [6.45, 7) is 2.10. The second-order valence-corrected chi connectivity index (χ2v) is 5.65. The fourth-order valence-electron chi connectivity index (χ4n) is 2.54. The van der Waals surface area contributed by atoms with Crippen molar-refractivity contribution in [2.75, 3.05) is 19.5 Å². The Bertz CT molecular complexity index is 900. The highest BCUT2D eigenvalue weighted by Crippen LogP contribution is 2.28. The van der Waals surface area contributed by atoms with Gasteiger partial charge in [0.1, 0.15) is 5.69 Å². The second kappa shape index (κ2) is 7.74. The third-order valence-corrected chi connectivity index (χ3v) is 4.05. The summed E-state index contributed by atoms with van der Waals surface area (Å²) in [6, 6.07) is 14.7. The lowest BCUT2D eigenvalue weighted by atomic mass is 10.1. The third-order valence-electron chi connectivity index (χ3n) is 4.05. The predicted molar refractivity (Wildman–Crippen MR) is 98.8 cm³/mol. The Hall–Kier alpha value is -3.28. The Kier molecular flexibility index (Phi) is 5.22. The van der Waals surface area contributed by atoms with Crippen LogP contribution in [0, 0.1) is 0 Å². The Labute approximate surface area is 151 Å². The zero-order valence-corrected chi connectivity index (χ0v) is 14.9. The van der Waals surface area contributed by atoms with E-state index in [0.29, 0.717) is 22.8 Å². The highest BCUT2D eigenvalue weighted by atomic mass is 16.5. The SMILES string of the molecule is CCc1ccc(-c2cc(NC(=O)c3ccc(OC)c(OC)c3)on2)cc1. The minimum absolute atomic E-state index is 0.277. The van der Waals surface area contributed by atoms with Crippen LogP contribution in [0.5, 0.6) is 11.5 Å². The molecule has 6 nitrogen and oxygen atoms in total. The summed E-state index contributed by atoms with van der Waals surface area (Å²) in [5.41, 5.74) is 3.26. The Morgan fingerprint density at radius 3 is 2.42 bits per heavy atom. The van der Waals surface area contributed by atoms with E-state index in [9.17, 15) is 4.79 Å². The van der Waals surface area contributed by atoms with Gasteiger partial charge in [0.2, 0.25) is 5.88 Å². The van der Waals surface area contributed by atoms with Crippen LogP contribution in [0.1, 0.15) is 22.8 Å². The minimum atomic E-state index is -0.324. The number of carbonyl (C=O) groups is 1. The fourth-order valence-corrected chi connectivity index (χ4v) is 2.54. The van der Waals surface area contributed by atoms with Crippen LogP contribution in [0.3, 0.4) is 0 Å². The van der Waals surface area contributed by atoms with Crippen molar-refractivity contribution in [1.82, 2.24) is 5.16 Å². The molecule has 3 rings (SSSR count). The molecule has 1 amide bonds. The number of nitrogens with zero attached hydrogens (tertiary/aromatic N) is 1. The van der Waals surface area contributed by atoms with Gasteiger partial charge in [-0.15, -0.1) is 0 Å². The molecular formula is C20H20N2O4. The molecule has 0 atom stereocenters. The zero-order chi connectivity index (χ0) is 18.5. The largest absolute Gasteiger partial charge is 0.493 e. The van der Waals surface area contributed by atoms with E-state index in [4.69, 9.17) is 14.0 Å². The second-order valence-electron chi connectivity index (χ2n) is 5.65. The van der Waals surface area contributed by atoms with Crippen molar-refractivity contribution in [1.29, 1.82) is 0 Å². The summed E-state index contributed by atoms with van der Waals surface area (Å²) in [6.07, 6.45) is 0.978. The molecule has 0 bridgehead atoms. The van der Waals surface area contributed by atoms with Gasteiger partial charge in [0.25, 0.3) is 5.91 Å². The molecule has 0 aliphatic heterocycles.